The number of likely N-dealkylation sites (tertiary alicyclic amines) is 1. The van der Waals surface area contributed by atoms with Crippen molar-refractivity contribution in [3.63, 3.8) is 0 Å². The molecule has 20 heavy (non-hydrogen) atoms. The van der Waals surface area contributed by atoms with Gasteiger partial charge in [0.15, 0.2) is 0 Å². The fraction of sp³-hybridized carbons (Fsp3) is 0.857. The largest absolute Gasteiger partial charge is 0.378 e. The fourth-order valence-corrected chi connectivity index (χ4v) is 3.38. The van der Waals surface area contributed by atoms with Crippen LogP contribution >= 0.6 is 0 Å². The van der Waals surface area contributed by atoms with Gasteiger partial charge in [-0.1, -0.05) is 0 Å². The first kappa shape index (κ1) is 13.8. The average Bonchev–Trinajstić information content (AvgIpc) is 3.18. The Labute approximate surface area is 119 Å². The van der Waals surface area contributed by atoms with Crippen molar-refractivity contribution in [2.24, 2.45) is 5.92 Å². The van der Waals surface area contributed by atoms with E-state index in [-0.39, 0.29) is 23.8 Å². The predicted molar refractivity (Wildman–Crippen MR) is 73.1 cm³/mol. The van der Waals surface area contributed by atoms with Crippen molar-refractivity contribution in [1.29, 1.82) is 0 Å². The lowest BCUT2D eigenvalue weighted by Crippen LogP contribution is -2.52. The highest BCUT2D eigenvalue weighted by Gasteiger charge is 2.39. The van der Waals surface area contributed by atoms with E-state index in [1.807, 2.05) is 9.80 Å². The van der Waals surface area contributed by atoms with E-state index in [2.05, 4.69) is 5.32 Å². The molecule has 0 spiro atoms. The lowest BCUT2D eigenvalue weighted by Gasteiger charge is -2.33. The van der Waals surface area contributed by atoms with E-state index in [9.17, 15) is 9.59 Å². The second kappa shape index (κ2) is 6.10. The van der Waals surface area contributed by atoms with Crippen molar-refractivity contribution < 1.29 is 14.3 Å². The van der Waals surface area contributed by atoms with Crippen molar-refractivity contribution in [2.75, 3.05) is 45.9 Å². The molecule has 0 aromatic carbocycles. The summed E-state index contributed by atoms with van der Waals surface area (Å²) in [4.78, 5) is 28.8. The Balaban J connectivity index is 1.65. The molecule has 0 aromatic heterocycles. The molecule has 3 saturated heterocycles. The number of rotatable bonds is 2. The molecule has 2 amide bonds. The van der Waals surface area contributed by atoms with Crippen LogP contribution in [-0.2, 0) is 14.3 Å². The van der Waals surface area contributed by atoms with Gasteiger partial charge in [-0.3, -0.25) is 9.59 Å². The number of hydrogen-bond donors (Lipinski definition) is 1. The van der Waals surface area contributed by atoms with Gasteiger partial charge in [0.1, 0.15) is 6.04 Å². The van der Waals surface area contributed by atoms with Crippen LogP contribution < -0.4 is 5.32 Å². The first-order chi connectivity index (χ1) is 9.77. The highest BCUT2D eigenvalue weighted by molar-refractivity contribution is 5.89. The molecule has 3 aliphatic heterocycles. The van der Waals surface area contributed by atoms with E-state index in [1.54, 1.807) is 0 Å². The van der Waals surface area contributed by atoms with Crippen molar-refractivity contribution in [2.45, 2.75) is 25.3 Å². The summed E-state index contributed by atoms with van der Waals surface area (Å²) in [6, 6.07) is -0.235. The van der Waals surface area contributed by atoms with Gasteiger partial charge in [-0.15, -0.1) is 0 Å². The van der Waals surface area contributed by atoms with Crippen LogP contribution in [0.25, 0.3) is 0 Å². The zero-order valence-electron chi connectivity index (χ0n) is 11.8. The van der Waals surface area contributed by atoms with E-state index >= 15 is 0 Å². The second-order valence-corrected chi connectivity index (χ2v) is 5.82. The zero-order valence-corrected chi connectivity index (χ0v) is 11.8. The van der Waals surface area contributed by atoms with Gasteiger partial charge < -0.3 is 19.9 Å². The van der Waals surface area contributed by atoms with Gasteiger partial charge in [0, 0.05) is 26.2 Å². The summed E-state index contributed by atoms with van der Waals surface area (Å²) in [5.41, 5.74) is 0. The number of morpholine rings is 1. The second-order valence-electron chi connectivity index (χ2n) is 5.82. The SMILES string of the molecule is O=C(C1CCCN1C(=O)C1CCNC1)N1CCOCC1. The minimum Gasteiger partial charge on any atom is -0.378 e. The molecular formula is C14H23N3O3. The molecule has 1 N–H and O–H groups in total. The number of nitrogens with one attached hydrogen (secondary N) is 1. The number of carbonyl (C=O) groups excluding carboxylic acids is 2. The molecule has 112 valence electrons. The van der Waals surface area contributed by atoms with Crippen LogP contribution in [-0.4, -0.2) is 73.6 Å². The molecule has 0 bridgehead atoms. The molecule has 3 rings (SSSR count). The number of amides is 2. The van der Waals surface area contributed by atoms with Crippen LogP contribution in [0.3, 0.4) is 0 Å². The van der Waals surface area contributed by atoms with E-state index < -0.39 is 0 Å². The number of carbonyl (C=O) groups is 2. The Morgan fingerprint density at radius 3 is 2.55 bits per heavy atom. The summed E-state index contributed by atoms with van der Waals surface area (Å²) in [6.45, 7) is 4.93. The van der Waals surface area contributed by atoms with Crippen LogP contribution in [0, 0.1) is 5.92 Å². The summed E-state index contributed by atoms with van der Waals surface area (Å²) in [5.74, 6) is 0.345. The minimum absolute atomic E-state index is 0.0630. The Kier molecular flexibility index (Phi) is 4.21. The topological polar surface area (TPSA) is 61.9 Å². The highest BCUT2D eigenvalue weighted by Crippen LogP contribution is 2.24. The molecule has 0 aliphatic carbocycles. The average molecular weight is 281 g/mol. The third-order valence-corrected chi connectivity index (χ3v) is 4.55. The monoisotopic (exact) mass is 281 g/mol. The number of nitrogens with zero attached hydrogens (tertiary/aromatic N) is 2. The predicted octanol–water partition coefficient (Wildman–Crippen LogP) is -0.554. The highest BCUT2D eigenvalue weighted by atomic mass is 16.5. The molecule has 6 nitrogen and oxygen atoms in total. The Hall–Kier alpha value is -1.14. The normalized spacial score (nSPS) is 30.8. The molecule has 0 radical (unpaired) electrons. The molecule has 2 unspecified atom stereocenters. The van der Waals surface area contributed by atoms with Crippen molar-refractivity contribution >= 4 is 11.8 Å². The van der Waals surface area contributed by atoms with Gasteiger partial charge in [0.2, 0.25) is 11.8 Å². The molecule has 2 atom stereocenters. The Morgan fingerprint density at radius 2 is 1.85 bits per heavy atom. The van der Waals surface area contributed by atoms with Gasteiger partial charge in [-0.25, -0.2) is 0 Å². The minimum atomic E-state index is -0.235. The fourth-order valence-electron chi connectivity index (χ4n) is 3.38. The summed E-state index contributed by atoms with van der Waals surface area (Å²) in [6.07, 6.45) is 2.64. The first-order valence-electron chi connectivity index (χ1n) is 7.65. The number of ether oxygens (including phenoxy) is 1. The molecule has 3 heterocycles. The maximum Gasteiger partial charge on any atom is 0.245 e. The summed E-state index contributed by atoms with van der Waals surface area (Å²) < 4.78 is 5.29. The molecular weight excluding hydrogens is 258 g/mol. The lowest BCUT2D eigenvalue weighted by molar-refractivity contribution is -0.148. The maximum atomic E-state index is 12.6. The Bertz CT molecular complexity index is 376. The van der Waals surface area contributed by atoms with Gasteiger partial charge in [0.05, 0.1) is 19.1 Å². The van der Waals surface area contributed by atoms with Gasteiger partial charge in [-0.05, 0) is 25.8 Å². The summed E-state index contributed by atoms with van der Waals surface area (Å²) in [5, 5.41) is 3.22. The van der Waals surface area contributed by atoms with Crippen LogP contribution in [0.2, 0.25) is 0 Å². The van der Waals surface area contributed by atoms with Gasteiger partial charge in [0.25, 0.3) is 0 Å². The van der Waals surface area contributed by atoms with E-state index in [0.717, 1.165) is 38.9 Å². The van der Waals surface area contributed by atoms with E-state index in [1.165, 1.54) is 0 Å². The van der Waals surface area contributed by atoms with Gasteiger partial charge in [-0.2, -0.15) is 0 Å². The standard InChI is InChI=1S/C14H23N3O3/c18-13(11-3-4-15-10-11)17-5-1-2-12(17)14(19)16-6-8-20-9-7-16/h11-12,15H,1-10H2. The first-order valence-corrected chi connectivity index (χ1v) is 7.65. The summed E-state index contributed by atoms with van der Waals surface area (Å²) >= 11 is 0. The molecule has 0 aromatic rings. The zero-order chi connectivity index (χ0) is 13.9. The number of hydrogen-bond acceptors (Lipinski definition) is 4. The van der Waals surface area contributed by atoms with Crippen molar-refractivity contribution in [1.82, 2.24) is 15.1 Å². The van der Waals surface area contributed by atoms with Crippen LogP contribution in [0.4, 0.5) is 0 Å². The third-order valence-electron chi connectivity index (χ3n) is 4.55. The third kappa shape index (κ3) is 2.67. The van der Waals surface area contributed by atoms with Crippen LogP contribution in [0.1, 0.15) is 19.3 Å². The molecule has 0 saturated carbocycles. The van der Waals surface area contributed by atoms with E-state index in [4.69, 9.17) is 4.74 Å². The molecule has 3 fully saturated rings. The van der Waals surface area contributed by atoms with Crippen LogP contribution in [0.15, 0.2) is 0 Å². The van der Waals surface area contributed by atoms with Gasteiger partial charge >= 0.3 is 0 Å². The lowest BCUT2D eigenvalue weighted by atomic mass is 10.1. The Morgan fingerprint density at radius 1 is 1.05 bits per heavy atom. The molecule has 6 heteroatoms. The van der Waals surface area contributed by atoms with E-state index in [0.29, 0.717) is 26.3 Å². The molecule has 3 aliphatic rings. The quantitative estimate of drug-likeness (QED) is 0.737. The smallest absolute Gasteiger partial charge is 0.245 e. The van der Waals surface area contributed by atoms with Crippen molar-refractivity contribution in [3.05, 3.63) is 0 Å². The van der Waals surface area contributed by atoms with Crippen LogP contribution in [0.5, 0.6) is 0 Å². The summed E-state index contributed by atoms with van der Waals surface area (Å²) in [7, 11) is 0. The maximum absolute atomic E-state index is 12.6. The van der Waals surface area contributed by atoms with Crippen molar-refractivity contribution in [3.8, 4) is 0 Å².